The number of aromatic nitrogens is 2. The third-order valence-corrected chi connectivity index (χ3v) is 6.04. The second-order valence-electron chi connectivity index (χ2n) is 7.26. The van der Waals surface area contributed by atoms with E-state index in [1.54, 1.807) is 30.5 Å². The lowest BCUT2D eigenvalue weighted by atomic mass is 9.96. The van der Waals surface area contributed by atoms with Gasteiger partial charge in [-0.3, -0.25) is 4.98 Å². The van der Waals surface area contributed by atoms with Gasteiger partial charge < -0.3 is 15.2 Å². The number of aromatic hydroxyl groups is 1. The zero-order chi connectivity index (χ0) is 23.0. The Labute approximate surface area is 190 Å². The molecular weight excluding hydrogens is 451 g/mol. The van der Waals surface area contributed by atoms with Gasteiger partial charge in [-0.25, -0.2) is 4.98 Å². The van der Waals surface area contributed by atoms with Gasteiger partial charge in [-0.15, -0.1) is 13.2 Å². The minimum absolute atomic E-state index is 0.0612. The number of alkyl halides is 3. The summed E-state index contributed by atoms with van der Waals surface area (Å²) in [5, 5.41) is 15.6. The molecule has 0 spiro atoms. The molecule has 0 aliphatic heterocycles. The summed E-state index contributed by atoms with van der Waals surface area (Å²) in [6.45, 7) is 0. The van der Waals surface area contributed by atoms with Gasteiger partial charge in [-0.2, -0.15) is 0 Å². The number of phenols is 1. The molecule has 2 aromatic heterocycles. The predicted octanol–water partition coefficient (Wildman–Crippen LogP) is 6.65. The Bertz CT molecular complexity index is 1420. The Morgan fingerprint density at radius 1 is 0.970 bits per heavy atom. The average Bonchev–Trinajstić information content (AvgIpc) is 3.20. The van der Waals surface area contributed by atoms with E-state index < -0.39 is 12.4 Å². The molecule has 33 heavy (non-hydrogen) atoms. The molecular formula is C24H16F3N3O2S. The number of nitrogens with one attached hydrogen (secondary N) is 1. The first kappa shape index (κ1) is 21.0. The summed E-state index contributed by atoms with van der Waals surface area (Å²) < 4.78 is 43.5. The number of rotatable bonds is 5. The molecule has 0 aliphatic rings. The number of fused-ring (bicyclic) bond motifs is 2. The van der Waals surface area contributed by atoms with Crippen molar-refractivity contribution >= 4 is 37.6 Å². The van der Waals surface area contributed by atoms with Crippen LogP contribution >= 0.6 is 11.3 Å². The van der Waals surface area contributed by atoms with Crippen molar-refractivity contribution in [2.45, 2.75) is 12.4 Å². The van der Waals surface area contributed by atoms with Gasteiger partial charge >= 0.3 is 6.36 Å². The third kappa shape index (κ3) is 4.40. The number of hydrogen-bond acceptors (Lipinski definition) is 6. The Hall–Kier alpha value is -3.85. The fraction of sp³-hybridized carbons (Fsp3) is 0.0833. The third-order valence-electron chi connectivity index (χ3n) is 5.08. The average molecular weight is 467 g/mol. The van der Waals surface area contributed by atoms with Gasteiger partial charge in [0.05, 0.1) is 16.3 Å². The molecule has 3 aromatic carbocycles. The normalized spacial score (nSPS) is 12.7. The van der Waals surface area contributed by atoms with Crippen LogP contribution in [0.3, 0.4) is 0 Å². The highest BCUT2D eigenvalue weighted by molar-refractivity contribution is 7.22. The highest BCUT2D eigenvalue weighted by Gasteiger charge is 2.31. The number of halogens is 3. The van der Waals surface area contributed by atoms with Gasteiger partial charge in [0.1, 0.15) is 17.0 Å². The molecule has 0 aliphatic carbocycles. The van der Waals surface area contributed by atoms with Crippen molar-refractivity contribution in [2.24, 2.45) is 0 Å². The first-order valence-corrected chi connectivity index (χ1v) is 10.7. The topological polar surface area (TPSA) is 67.3 Å². The molecule has 9 heteroatoms. The van der Waals surface area contributed by atoms with Crippen LogP contribution in [0.1, 0.15) is 17.2 Å². The van der Waals surface area contributed by atoms with E-state index in [1.807, 2.05) is 30.3 Å². The van der Waals surface area contributed by atoms with E-state index in [4.69, 9.17) is 0 Å². The maximum Gasteiger partial charge on any atom is 0.573 e. The highest BCUT2D eigenvalue weighted by Crippen LogP contribution is 2.39. The molecule has 2 N–H and O–H groups in total. The van der Waals surface area contributed by atoms with Gasteiger partial charge in [0.15, 0.2) is 5.13 Å². The minimum atomic E-state index is -4.82. The van der Waals surface area contributed by atoms with E-state index in [0.717, 1.165) is 15.6 Å². The lowest BCUT2D eigenvalue weighted by molar-refractivity contribution is -0.274. The summed E-state index contributed by atoms with van der Waals surface area (Å²) >= 11 is 1.41. The molecule has 5 aromatic rings. The number of hydrogen-bond donors (Lipinski definition) is 2. The van der Waals surface area contributed by atoms with Crippen LogP contribution in [0.2, 0.25) is 0 Å². The predicted molar refractivity (Wildman–Crippen MR) is 122 cm³/mol. The van der Waals surface area contributed by atoms with Crippen molar-refractivity contribution < 1.29 is 23.0 Å². The summed E-state index contributed by atoms with van der Waals surface area (Å²) in [6, 6.07) is 19.6. The molecule has 0 amide bonds. The summed E-state index contributed by atoms with van der Waals surface area (Å²) in [7, 11) is 0. The quantitative estimate of drug-likeness (QED) is 0.303. The number of ether oxygens (including phenoxy) is 1. The van der Waals surface area contributed by atoms with Gasteiger partial charge in [-0.05, 0) is 35.9 Å². The van der Waals surface area contributed by atoms with E-state index in [1.165, 1.54) is 29.5 Å². The van der Waals surface area contributed by atoms with Crippen molar-refractivity contribution in [1.29, 1.82) is 0 Å². The number of pyridine rings is 1. The molecule has 2 heterocycles. The maximum atomic E-state index is 12.8. The van der Waals surface area contributed by atoms with E-state index in [2.05, 4.69) is 20.0 Å². The molecule has 0 bridgehead atoms. The number of benzene rings is 3. The SMILES string of the molecule is Oc1c(C(Nc2nc3ccccc3s2)c2cccc(OC(F)(F)F)c2)ccc2cccnc12. The van der Waals surface area contributed by atoms with Crippen molar-refractivity contribution in [2.75, 3.05) is 5.32 Å². The summed E-state index contributed by atoms with van der Waals surface area (Å²) in [4.78, 5) is 8.84. The lowest BCUT2D eigenvalue weighted by Crippen LogP contribution is -2.18. The maximum absolute atomic E-state index is 12.8. The Morgan fingerprint density at radius 2 is 1.82 bits per heavy atom. The van der Waals surface area contributed by atoms with Gasteiger partial charge in [0.2, 0.25) is 0 Å². The monoisotopic (exact) mass is 467 g/mol. The van der Waals surface area contributed by atoms with Crippen LogP contribution < -0.4 is 10.1 Å². The van der Waals surface area contributed by atoms with Crippen LogP contribution in [-0.4, -0.2) is 21.4 Å². The molecule has 0 radical (unpaired) electrons. The first-order chi connectivity index (χ1) is 15.9. The number of phenolic OH excluding ortho intramolecular Hbond substituents is 1. The van der Waals surface area contributed by atoms with Gasteiger partial charge in [0, 0.05) is 17.1 Å². The van der Waals surface area contributed by atoms with Gasteiger partial charge in [-0.1, -0.05) is 53.8 Å². The smallest absolute Gasteiger partial charge is 0.505 e. The van der Waals surface area contributed by atoms with Crippen LogP contribution in [-0.2, 0) is 0 Å². The number of thiazole rings is 1. The number of anilines is 1. The van der Waals surface area contributed by atoms with Crippen molar-refractivity contribution in [3.8, 4) is 11.5 Å². The fourth-order valence-electron chi connectivity index (χ4n) is 3.67. The second kappa shape index (κ2) is 8.25. The molecule has 1 atom stereocenters. The molecule has 5 rings (SSSR count). The summed E-state index contributed by atoms with van der Waals surface area (Å²) in [5.41, 5.74) is 2.10. The van der Waals surface area contributed by atoms with Gasteiger partial charge in [0.25, 0.3) is 0 Å². The second-order valence-corrected chi connectivity index (χ2v) is 8.29. The van der Waals surface area contributed by atoms with E-state index in [9.17, 15) is 18.3 Å². The Balaban J connectivity index is 1.62. The number of nitrogens with zero attached hydrogens (tertiary/aromatic N) is 2. The van der Waals surface area contributed by atoms with Crippen molar-refractivity contribution in [1.82, 2.24) is 9.97 Å². The molecule has 0 saturated carbocycles. The minimum Gasteiger partial charge on any atom is -0.505 e. The molecule has 0 saturated heterocycles. The lowest BCUT2D eigenvalue weighted by Gasteiger charge is -2.22. The van der Waals surface area contributed by atoms with Crippen LogP contribution in [0.25, 0.3) is 21.1 Å². The van der Waals surface area contributed by atoms with Crippen LogP contribution in [0.5, 0.6) is 11.5 Å². The summed E-state index contributed by atoms with van der Waals surface area (Å²) in [5.74, 6) is -0.414. The van der Waals surface area contributed by atoms with Crippen LogP contribution in [0.4, 0.5) is 18.3 Å². The zero-order valence-electron chi connectivity index (χ0n) is 16.9. The molecule has 0 fully saturated rings. The van der Waals surface area contributed by atoms with E-state index >= 15 is 0 Å². The van der Waals surface area contributed by atoms with E-state index in [-0.39, 0.29) is 11.5 Å². The zero-order valence-corrected chi connectivity index (χ0v) is 17.7. The van der Waals surface area contributed by atoms with E-state index in [0.29, 0.717) is 21.8 Å². The molecule has 166 valence electrons. The Morgan fingerprint density at radius 3 is 2.64 bits per heavy atom. The number of para-hydroxylation sites is 1. The summed E-state index contributed by atoms with van der Waals surface area (Å²) in [6.07, 6.45) is -3.25. The first-order valence-electron chi connectivity index (χ1n) is 9.92. The van der Waals surface area contributed by atoms with Crippen LogP contribution in [0, 0.1) is 0 Å². The van der Waals surface area contributed by atoms with Crippen molar-refractivity contribution in [3.05, 3.63) is 90.1 Å². The van der Waals surface area contributed by atoms with Crippen LogP contribution in [0.15, 0.2) is 79.0 Å². The fourth-order valence-corrected chi connectivity index (χ4v) is 4.56. The van der Waals surface area contributed by atoms with Crippen molar-refractivity contribution in [3.63, 3.8) is 0 Å². The molecule has 5 nitrogen and oxygen atoms in total. The molecule has 1 unspecified atom stereocenters. The largest absolute Gasteiger partial charge is 0.573 e. The standard InChI is InChI=1S/C24H16F3N3O2S/c25-24(26,27)32-16-7-3-5-15(13-16)20(30-23-29-18-8-1-2-9-19(18)33-23)17-11-10-14-6-4-12-28-21(14)22(17)31/h1-13,20,31H,(H,29,30). The Kier molecular flexibility index (Phi) is 5.26. The highest BCUT2D eigenvalue weighted by atomic mass is 32.1.